The van der Waals surface area contributed by atoms with Crippen LogP contribution in [0.5, 0.6) is 0 Å². The second kappa shape index (κ2) is 2.26. The van der Waals surface area contributed by atoms with E-state index < -0.39 is 6.09 Å². The number of rotatable bonds is 0. The van der Waals surface area contributed by atoms with Gasteiger partial charge in [0.1, 0.15) is 0 Å². The highest BCUT2D eigenvalue weighted by Crippen LogP contribution is 1.91. The van der Waals surface area contributed by atoms with Crippen molar-refractivity contribution in [3.05, 3.63) is 12.3 Å². The molecule has 0 bridgehead atoms. The van der Waals surface area contributed by atoms with Crippen molar-refractivity contribution in [3.63, 3.8) is 0 Å². The fraction of sp³-hybridized carbons (Fsp3) is 0.200. The molecule has 0 atom stereocenters. The van der Waals surface area contributed by atoms with E-state index >= 15 is 0 Å². The molecule has 1 rings (SSSR count). The first-order chi connectivity index (χ1) is 3.89. The normalized spacial score (nSPS) is 17.8. The largest absolute Gasteiger partial charge is 0.438 e. The van der Waals surface area contributed by atoms with Crippen molar-refractivity contribution < 1.29 is 9.53 Å². The van der Waals surface area contributed by atoms with E-state index in [1.54, 1.807) is 6.08 Å². The smallest absolute Gasteiger partial charge is 0.417 e. The standard InChI is InChI=1S/C5H5NO2/c7-5-6-3-1-2-4-8-5/h2-4H,1H2. The Labute approximate surface area is 46.7 Å². The predicted molar refractivity (Wildman–Crippen MR) is 28.7 cm³/mol. The number of carbonyl (C=O) groups excluding carboxylic acids is 1. The monoisotopic (exact) mass is 111 g/mol. The minimum Gasteiger partial charge on any atom is -0.417 e. The van der Waals surface area contributed by atoms with Gasteiger partial charge in [-0.15, -0.1) is 0 Å². The summed E-state index contributed by atoms with van der Waals surface area (Å²) in [6, 6.07) is 0. The Bertz CT molecular complexity index is 149. The van der Waals surface area contributed by atoms with E-state index in [9.17, 15) is 4.79 Å². The molecule has 0 aromatic heterocycles. The summed E-state index contributed by atoms with van der Waals surface area (Å²) in [7, 11) is 0. The Hall–Kier alpha value is -1.12. The van der Waals surface area contributed by atoms with E-state index in [-0.39, 0.29) is 0 Å². The first-order valence-corrected chi connectivity index (χ1v) is 2.28. The van der Waals surface area contributed by atoms with Crippen molar-refractivity contribution >= 4 is 12.3 Å². The number of cyclic esters (lactones) is 1. The van der Waals surface area contributed by atoms with E-state index in [1.807, 2.05) is 0 Å². The Morgan fingerprint density at radius 2 is 2.62 bits per heavy atom. The zero-order valence-electron chi connectivity index (χ0n) is 4.20. The maximum absolute atomic E-state index is 10.2. The lowest BCUT2D eigenvalue weighted by atomic mass is 10.5. The van der Waals surface area contributed by atoms with Crippen LogP contribution in [0, 0.1) is 0 Å². The maximum atomic E-state index is 10.2. The van der Waals surface area contributed by atoms with Crippen LogP contribution < -0.4 is 0 Å². The van der Waals surface area contributed by atoms with Gasteiger partial charge in [0, 0.05) is 12.6 Å². The SMILES string of the molecule is O=C1N=CCC=CO1. The van der Waals surface area contributed by atoms with Crippen LogP contribution >= 0.6 is 0 Å². The third kappa shape index (κ3) is 1.18. The summed E-state index contributed by atoms with van der Waals surface area (Å²) in [5, 5.41) is 0. The Kier molecular flexibility index (Phi) is 1.42. The van der Waals surface area contributed by atoms with Gasteiger partial charge in [-0.05, 0) is 6.08 Å². The van der Waals surface area contributed by atoms with Crippen LogP contribution in [-0.2, 0) is 4.74 Å². The van der Waals surface area contributed by atoms with Crippen LogP contribution in [0.2, 0.25) is 0 Å². The van der Waals surface area contributed by atoms with Crippen LogP contribution in [-0.4, -0.2) is 12.3 Å². The molecule has 42 valence electrons. The van der Waals surface area contributed by atoms with Gasteiger partial charge in [-0.2, -0.15) is 4.99 Å². The lowest BCUT2D eigenvalue weighted by molar-refractivity contribution is 0.197. The summed E-state index contributed by atoms with van der Waals surface area (Å²) in [5.74, 6) is 0. The number of allylic oxidation sites excluding steroid dienone is 1. The molecule has 0 aliphatic carbocycles. The van der Waals surface area contributed by atoms with Crippen LogP contribution in [0.4, 0.5) is 4.79 Å². The molecule has 0 N–H and O–H groups in total. The molecule has 8 heavy (non-hydrogen) atoms. The maximum Gasteiger partial charge on any atom is 0.438 e. The fourth-order valence-corrected chi connectivity index (χ4v) is 0.380. The summed E-state index contributed by atoms with van der Waals surface area (Å²) in [6.45, 7) is 0. The van der Waals surface area contributed by atoms with Crippen molar-refractivity contribution in [2.75, 3.05) is 0 Å². The third-order valence-electron chi connectivity index (χ3n) is 0.703. The summed E-state index contributed by atoms with van der Waals surface area (Å²) in [5.41, 5.74) is 0. The van der Waals surface area contributed by atoms with E-state index in [1.165, 1.54) is 12.5 Å². The number of amides is 1. The first kappa shape index (κ1) is 5.03. The Morgan fingerprint density at radius 1 is 1.75 bits per heavy atom. The van der Waals surface area contributed by atoms with Crippen LogP contribution in [0.1, 0.15) is 6.42 Å². The molecule has 0 fully saturated rings. The van der Waals surface area contributed by atoms with Crippen molar-refractivity contribution in [1.82, 2.24) is 0 Å². The summed E-state index contributed by atoms with van der Waals surface area (Å²) < 4.78 is 4.39. The molecular formula is C5H5NO2. The molecule has 0 aromatic rings. The summed E-state index contributed by atoms with van der Waals surface area (Å²) in [6.07, 6.45) is 4.69. The van der Waals surface area contributed by atoms with Crippen molar-refractivity contribution in [2.45, 2.75) is 6.42 Å². The number of hydrogen-bond donors (Lipinski definition) is 0. The van der Waals surface area contributed by atoms with Gasteiger partial charge in [0.05, 0.1) is 6.26 Å². The van der Waals surface area contributed by atoms with Crippen molar-refractivity contribution in [3.8, 4) is 0 Å². The Morgan fingerprint density at radius 3 is 3.50 bits per heavy atom. The zero-order chi connectivity index (χ0) is 5.82. The topological polar surface area (TPSA) is 38.7 Å². The number of carbonyl (C=O) groups is 1. The zero-order valence-corrected chi connectivity index (χ0v) is 4.20. The molecular weight excluding hydrogens is 106 g/mol. The van der Waals surface area contributed by atoms with Gasteiger partial charge >= 0.3 is 6.09 Å². The fourth-order valence-electron chi connectivity index (χ4n) is 0.380. The molecule has 0 aromatic carbocycles. The van der Waals surface area contributed by atoms with E-state index in [2.05, 4.69) is 9.73 Å². The van der Waals surface area contributed by atoms with Crippen LogP contribution in [0.3, 0.4) is 0 Å². The van der Waals surface area contributed by atoms with Crippen molar-refractivity contribution in [1.29, 1.82) is 0 Å². The molecule has 3 heteroatoms. The van der Waals surface area contributed by atoms with Gasteiger partial charge in [-0.3, -0.25) is 0 Å². The highest BCUT2D eigenvalue weighted by Gasteiger charge is 1.94. The number of ether oxygens (including phenoxy) is 1. The van der Waals surface area contributed by atoms with Gasteiger partial charge in [-0.25, -0.2) is 4.79 Å². The minimum absolute atomic E-state index is 0.543. The van der Waals surface area contributed by atoms with Crippen LogP contribution in [0.25, 0.3) is 0 Å². The van der Waals surface area contributed by atoms with Gasteiger partial charge in [-0.1, -0.05) is 0 Å². The van der Waals surface area contributed by atoms with E-state index in [0.717, 1.165) is 0 Å². The third-order valence-corrected chi connectivity index (χ3v) is 0.703. The van der Waals surface area contributed by atoms with Crippen LogP contribution in [0.15, 0.2) is 17.3 Å². The average Bonchev–Trinajstić information content (AvgIpc) is 1.94. The highest BCUT2D eigenvalue weighted by atomic mass is 16.5. The number of hydrogen-bond acceptors (Lipinski definition) is 2. The number of aliphatic imine (C=N–C) groups is 1. The van der Waals surface area contributed by atoms with Gasteiger partial charge in [0.2, 0.25) is 0 Å². The first-order valence-electron chi connectivity index (χ1n) is 2.28. The minimum atomic E-state index is -0.543. The summed E-state index contributed by atoms with van der Waals surface area (Å²) in [4.78, 5) is 13.6. The molecule has 1 aliphatic heterocycles. The highest BCUT2D eigenvalue weighted by molar-refractivity contribution is 5.80. The molecule has 0 saturated heterocycles. The lowest BCUT2D eigenvalue weighted by Crippen LogP contribution is -1.88. The van der Waals surface area contributed by atoms with E-state index in [0.29, 0.717) is 6.42 Å². The second-order valence-electron chi connectivity index (χ2n) is 1.30. The van der Waals surface area contributed by atoms with E-state index in [4.69, 9.17) is 0 Å². The predicted octanol–water partition coefficient (Wildman–Crippen LogP) is 1.11. The second-order valence-corrected chi connectivity index (χ2v) is 1.30. The average molecular weight is 111 g/mol. The molecule has 0 radical (unpaired) electrons. The molecule has 3 nitrogen and oxygen atoms in total. The molecule has 1 amide bonds. The molecule has 0 unspecified atom stereocenters. The number of nitrogens with zero attached hydrogens (tertiary/aromatic N) is 1. The van der Waals surface area contributed by atoms with Gasteiger partial charge < -0.3 is 4.74 Å². The summed E-state index contributed by atoms with van der Waals surface area (Å²) >= 11 is 0. The molecule has 1 aliphatic rings. The molecule has 1 heterocycles. The molecule has 0 saturated carbocycles. The molecule has 0 spiro atoms. The quantitative estimate of drug-likeness (QED) is 0.469. The lowest BCUT2D eigenvalue weighted by Gasteiger charge is -1.83. The Balaban J connectivity index is 2.61. The van der Waals surface area contributed by atoms with Gasteiger partial charge in [0.15, 0.2) is 0 Å². The van der Waals surface area contributed by atoms with Crippen molar-refractivity contribution in [2.24, 2.45) is 4.99 Å². The van der Waals surface area contributed by atoms with Gasteiger partial charge in [0.25, 0.3) is 0 Å².